The molecule has 1 N–H and O–H groups in total. The maximum absolute atomic E-state index is 11.1. The first-order valence-electron chi connectivity index (χ1n) is 15.5. The second-order valence-electron chi connectivity index (χ2n) is 12.4. The van der Waals surface area contributed by atoms with E-state index < -0.39 is 9.04 Å². The van der Waals surface area contributed by atoms with Crippen molar-refractivity contribution < 1.29 is 14.3 Å². The second-order valence-corrected chi connectivity index (χ2v) is 14.5. The van der Waals surface area contributed by atoms with Crippen molar-refractivity contribution in [2.75, 3.05) is 0 Å². The van der Waals surface area contributed by atoms with Crippen LogP contribution in [0.2, 0.25) is 0 Å². The van der Waals surface area contributed by atoms with E-state index in [1.807, 2.05) is 42.5 Å². The van der Waals surface area contributed by atoms with Gasteiger partial charge in [0, 0.05) is 0 Å². The first kappa shape index (κ1) is 30.5. The zero-order valence-corrected chi connectivity index (χ0v) is 27.1. The molecule has 3 nitrogen and oxygen atoms in total. The van der Waals surface area contributed by atoms with Crippen LogP contribution in [0.1, 0.15) is 43.6 Å². The summed E-state index contributed by atoms with van der Waals surface area (Å²) in [5.41, 5.74) is 4.85. The van der Waals surface area contributed by atoms with Crippen LogP contribution in [0.5, 0.6) is 5.75 Å². The lowest BCUT2D eigenvalue weighted by Crippen LogP contribution is -2.47. The first-order valence-corrected chi connectivity index (χ1v) is 16.9. The smallest absolute Gasteiger partial charge is 0.283 e. The van der Waals surface area contributed by atoms with Crippen molar-refractivity contribution in [1.29, 1.82) is 0 Å². The van der Waals surface area contributed by atoms with Gasteiger partial charge in [0.15, 0.2) is 0 Å². The van der Waals surface area contributed by atoms with E-state index in [2.05, 4.69) is 124 Å². The van der Waals surface area contributed by atoms with Crippen molar-refractivity contribution in [3.63, 3.8) is 0 Å². The second kappa shape index (κ2) is 13.7. The highest BCUT2D eigenvalue weighted by Gasteiger charge is 2.35. The van der Waals surface area contributed by atoms with Gasteiger partial charge in [0.05, 0.1) is 12.7 Å². The van der Waals surface area contributed by atoms with Crippen LogP contribution >= 0.6 is 0 Å². The van der Waals surface area contributed by atoms with Gasteiger partial charge in [0.1, 0.15) is 12.4 Å². The fourth-order valence-corrected chi connectivity index (χ4v) is 8.24. The number of benzene rings is 6. The Kier molecular flexibility index (Phi) is 9.27. The molecule has 1 unspecified atom stereocenters. The predicted octanol–water partition coefficient (Wildman–Crippen LogP) is 8.49. The SMILES string of the molecule is CC(C)(C)C(O[Si](c1ccccc1)c1ccccc1)c1cc2cc(OCc3ccccc3)ccc2c(-c2ccccc2)c1CO. The van der Waals surface area contributed by atoms with Crippen LogP contribution in [-0.4, -0.2) is 14.1 Å². The van der Waals surface area contributed by atoms with E-state index >= 15 is 0 Å². The van der Waals surface area contributed by atoms with Crippen LogP contribution in [0.15, 0.2) is 146 Å². The zero-order chi connectivity index (χ0) is 31.2. The fourth-order valence-electron chi connectivity index (χ4n) is 5.93. The van der Waals surface area contributed by atoms with Crippen molar-refractivity contribution in [2.24, 2.45) is 5.41 Å². The Morgan fingerprint density at radius 3 is 1.78 bits per heavy atom. The lowest BCUT2D eigenvalue weighted by molar-refractivity contribution is 0.0876. The van der Waals surface area contributed by atoms with E-state index in [9.17, 15) is 5.11 Å². The number of fused-ring (bicyclic) bond motifs is 1. The molecule has 6 aromatic carbocycles. The highest BCUT2D eigenvalue weighted by Crippen LogP contribution is 2.44. The normalized spacial score (nSPS) is 12.4. The minimum atomic E-state index is -1.64. The van der Waals surface area contributed by atoms with Gasteiger partial charge in [-0.3, -0.25) is 0 Å². The third kappa shape index (κ3) is 6.94. The van der Waals surface area contributed by atoms with Gasteiger partial charge in [-0.25, -0.2) is 0 Å². The van der Waals surface area contributed by atoms with Gasteiger partial charge in [-0.1, -0.05) is 148 Å². The molecular weight excluding hydrogens is 569 g/mol. The van der Waals surface area contributed by atoms with Crippen LogP contribution in [0, 0.1) is 5.41 Å². The van der Waals surface area contributed by atoms with Gasteiger partial charge < -0.3 is 14.3 Å². The minimum absolute atomic E-state index is 0.101. The van der Waals surface area contributed by atoms with E-state index in [0.717, 1.165) is 44.3 Å². The van der Waals surface area contributed by atoms with E-state index in [0.29, 0.717) is 6.61 Å². The van der Waals surface area contributed by atoms with Gasteiger partial charge in [-0.15, -0.1) is 0 Å². The molecule has 6 aromatic rings. The van der Waals surface area contributed by atoms with Gasteiger partial charge in [-0.05, 0) is 72.6 Å². The maximum Gasteiger partial charge on any atom is 0.283 e. The molecule has 0 heterocycles. The number of aliphatic hydroxyl groups is 1. The molecule has 0 fully saturated rings. The number of aliphatic hydroxyl groups excluding tert-OH is 1. The van der Waals surface area contributed by atoms with Crippen LogP contribution < -0.4 is 15.1 Å². The molecule has 225 valence electrons. The van der Waals surface area contributed by atoms with Crippen LogP contribution in [0.25, 0.3) is 21.9 Å². The number of hydrogen-bond acceptors (Lipinski definition) is 3. The molecule has 0 aliphatic carbocycles. The monoisotopic (exact) mass is 607 g/mol. The van der Waals surface area contributed by atoms with Gasteiger partial charge >= 0.3 is 0 Å². The summed E-state index contributed by atoms with van der Waals surface area (Å²) in [6.45, 7) is 7.06. The molecule has 0 amide bonds. The Morgan fingerprint density at radius 1 is 0.667 bits per heavy atom. The molecular formula is C41H39O3Si. The standard InChI is InChI=1S/C41H39O3Si/c1-41(2,3)40(44-45(34-20-12-6-13-21-34)35-22-14-7-15-23-35)37-27-32-26-33(43-29-30-16-8-4-9-17-30)24-25-36(32)39(38(37)28-42)31-18-10-5-11-19-31/h4-27,40,42H,28-29H2,1-3H3. The van der Waals surface area contributed by atoms with Gasteiger partial charge in [0.2, 0.25) is 0 Å². The van der Waals surface area contributed by atoms with Crippen molar-refractivity contribution in [3.05, 3.63) is 162 Å². The van der Waals surface area contributed by atoms with E-state index in [4.69, 9.17) is 9.16 Å². The van der Waals surface area contributed by atoms with E-state index in [1.165, 1.54) is 10.4 Å². The lowest BCUT2D eigenvalue weighted by Gasteiger charge is -2.36. The summed E-state index contributed by atoms with van der Waals surface area (Å²) >= 11 is 0. The van der Waals surface area contributed by atoms with Gasteiger partial charge in [-0.2, -0.15) is 0 Å². The highest BCUT2D eigenvalue weighted by molar-refractivity contribution is 6.80. The molecule has 0 saturated heterocycles. The van der Waals surface area contributed by atoms with Crippen molar-refractivity contribution in [2.45, 2.75) is 40.1 Å². The highest BCUT2D eigenvalue weighted by atomic mass is 28.3. The first-order chi connectivity index (χ1) is 21.9. The molecule has 4 heteroatoms. The zero-order valence-electron chi connectivity index (χ0n) is 26.1. The third-order valence-corrected chi connectivity index (χ3v) is 10.3. The van der Waals surface area contributed by atoms with Crippen molar-refractivity contribution in [3.8, 4) is 16.9 Å². The summed E-state index contributed by atoms with van der Waals surface area (Å²) in [6.07, 6.45) is -0.297. The van der Waals surface area contributed by atoms with Gasteiger partial charge in [0.25, 0.3) is 9.04 Å². The minimum Gasteiger partial charge on any atom is -0.489 e. The Hall–Kier alpha value is -4.48. The third-order valence-electron chi connectivity index (χ3n) is 8.10. The summed E-state index contributed by atoms with van der Waals surface area (Å²) in [6, 6.07) is 50.2. The van der Waals surface area contributed by atoms with E-state index in [-0.39, 0.29) is 18.1 Å². The average Bonchev–Trinajstić information content (AvgIpc) is 3.08. The Bertz CT molecular complexity index is 1790. The molecule has 45 heavy (non-hydrogen) atoms. The Labute approximate surface area is 268 Å². The van der Waals surface area contributed by atoms with Crippen LogP contribution in [0.4, 0.5) is 0 Å². The maximum atomic E-state index is 11.1. The molecule has 0 aromatic heterocycles. The molecule has 0 aliphatic heterocycles. The summed E-state index contributed by atoms with van der Waals surface area (Å²) in [4.78, 5) is 0. The van der Waals surface area contributed by atoms with Crippen LogP contribution in [-0.2, 0) is 17.6 Å². The summed E-state index contributed by atoms with van der Waals surface area (Å²) in [7, 11) is -1.64. The van der Waals surface area contributed by atoms with E-state index in [1.54, 1.807) is 0 Å². The number of rotatable bonds is 10. The Morgan fingerprint density at radius 2 is 1.22 bits per heavy atom. The van der Waals surface area contributed by atoms with Crippen molar-refractivity contribution >= 4 is 30.2 Å². The molecule has 0 aliphatic rings. The predicted molar refractivity (Wildman–Crippen MR) is 187 cm³/mol. The quantitative estimate of drug-likeness (QED) is 0.159. The average molecular weight is 608 g/mol. The van der Waals surface area contributed by atoms with Crippen molar-refractivity contribution in [1.82, 2.24) is 0 Å². The topological polar surface area (TPSA) is 38.7 Å². The molecule has 0 saturated carbocycles. The Balaban J connectivity index is 1.52. The number of hydrogen-bond donors (Lipinski definition) is 1. The summed E-state index contributed by atoms with van der Waals surface area (Å²) in [5.74, 6) is 0.805. The molecule has 1 atom stereocenters. The number of ether oxygens (including phenoxy) is 1. The lowest BCUT2D eigenvalue weighted by atomic mass is 9.80. The van der Waals surface area contributed by atoms with Crippen LogP contribution in [0.3, 0.4) is 0 Å². The molecule has 6 rings (SSSR count). The molecule has 0 bridgehead atoms. The summed E-state index contributed by atoms with van der Waals surface area (Å²) < 4.78 is 13.6. The largest absolute Gasteiger partial charge is 0.489 e. The fraction of sp³-hybridized carbons (Fsp3) is 0.171. The summed E-state index contributed by atoms with van der Waals surface area (Å²) in [5, 5.41) is 15.6. The molecule has 0 spiro atoms. The molecule has 1 radical (unpaired) electrons.